The van der Waals surface area contributed by atoms with Gasteiger partial charge in [-0.1, -0.05) is 12.1 Å². The van der Waals surface area contributed by atoms with Crippen LogP contribution < -0.4 is 0 Å². The second-order valence-corrected chi connectivity index (χ2v) is 4.25. The molecule has 1 heterocycles. The van der Waals surface area contributed by atoms with Crippen LogP contribution in [0.5, 0.6) is 0 Å². The first-order valence-electron chi connectivity index (χ1n) is 5.91. The number of carbonyl (C=O) groups is 1. The lowest BCUT2D eigenvalue weighted by molar-refractivity contribution is -0.126. The predicted molar refractivity (Wildman–Crippen MR) is 65.0 cm³/mol. The van der Waals surface area contributed by atoms with Crippen molar-refractivity contribution in [3.8, 4) is 6.07 Å². The summed E-state index contributed by atoms with van der Waals surface area (Å²) in [4.78, 5) is 13.7. The van der Waals surface area contributed by atoms with Crippen LogP contribution in [0.25, 0.3) is 0 Å². The van der Waals surface area contributed by atoms with E-state index in [2.05, 4.69) is 6.07 Å². The zero-order chi connectivity index (χ0) is 12.1. The maximum atomic E-state index is 11.8. The van der Waals surface area contributed by atoms with Crippen molar-refractivity contribution in [2.45, 2.75) is 19.3 Å². The Hall–Kier alpha value is -1.82. The molecule has 1 fully saturated rings. The summed E-state index contributed by atoms with van der Waals surface area (Å²) in [7, 11) is 0. The molecule has 1 saturated heterocycles. The van der Waals surface area contributed by atoms with Crippen molar-refractivity contribution in [3.05, 3.63) is 41.8 Å². The fraction of sp³-hybridized carbons (Fsp3) is 0.357. The van der Waals surface area contributed by atoms with Crippen molar-refractivity contribution < 1.29 is 4.79 Å². The third-order valence-corrected chi connectivity index (χ3v) is 3.01. The number of hydrogen-bond donors (Lipinski definition) is 0. The van der Waals surface area contributed by atoms with E-state index in [9.17, 15) is 4.79 Å². The SMILES string of the molecule is N#Cc1ccc(C[CH]C(=O)N2CCCC2)cc1. The van der Waals surface area contributed by atoms with E-state index in [1.807, 2.05) is 17.0 Å². The van der Waals surface area contributed by atoms with Gasteiger partial charge in [0.2, 0.25) is 5.91 Å². The molecular formula is C14H15N2O. The molecule has 0 unspecified atom stereocenters. The summed E-state index contributed by atoms with van der Waals surface area (Å²) in [6, 6.07) is 9.43. The van der Waals surface area contributed by atoms with E-state index < -0.39 is 0 Å². The van der Waals surface area contributed by atoms with Gasteiger partial charge < -0.3 is 4.90 Å². The smallest absolute Gasteiger partial charge is 0.226 e. The fourth-order valence-electron chi connectivity index (χ4n) is 1.99. The Morgan fingerprint density at radius 3 is 2.53 bits per heavy atom. The molecular weight excluding hydrogens is 212 g/mol. The average molecular weight is 227 g/mol. The fourth-order valence-corrected chi connectivity index (χ4v) is 1.99. The Kier molecular flexibility index (Phi) is 3.77. The van der Waals surface area contributed by atoms with E-state index in [1.54, 1.807) is 18.6 Å². The molecule has 3 heteroatoms. The number of rotatable bonds is 3. The Balaban J connectivity index is 1.84. The third kappa shape index (κ3) is 3.07. The van der Waals surface area contributed by atoms with Crippen LogP contribution in [0, 0.1) is 17.8 Å². The highest BCUT2D eigenvalue weighted by molar-refractivity contribution is 5.85. The van der Waals surface area contributed by atoms with Gasteiger partial charge in [-0.3, -0.25) is 4.79 Å². The van der Waals surface area contributed by atoms with Gasteiger partial charge in [0, 0.05) is 13.1 Å². The van der Waals surface area contributed by atoms with Crippen LogP contribution in [0.3, 0.4) is 0 Å². The molecule has 0 saturated carbocycles. The Morgan fingerprint density at radius 1 is 1.29 bits per heavy atom. The first-order chi connectivity index (χ1) is 8.29. The summed E-state index contributed by atoms with van der Waals surface area (Å²) in [5.41, 5.74) is 1.72. The van der Waals surface area contributed by atoms with Crippen molar-refractivity contribution >= 4 is 5.91 Å². The number of hydrogen-bond acceptors (Lipinski definition) is 2. The van der Waals surface area contributed by atoms with Crippen molar-refractivity contribution in [3.63, 3.8) is 0 Å². The van der Waals surface area contributed by atoms with Gasteiger partial charge in [-0.2, -0.15) is 5.26 Å². The van der Waals surface area contributed by atoms with Crippen LogP contribution in [-0.2, 0) is 11.2 Å². The number of amides is 1. The molecule has 17 heavy (non-hydrogen) atoms. The van der Waals surface area contributed by atoms with E-state index in [0.717, 1.165) is 31.5 Å². The maximum absolute atomic E-state index is 11.8. The second-order valence-electron chi connectivity index (χ2n) is 4.25. The second kappa shape index (κ2) is 5.49. The topological polar surface area (TPSA) is 44.1 Å². The lowest BCUT2D eigenvalue weighted by Crippen LogP contribution is -2.28. The van der Waals surface area contributed by atoms with Crippen LogP contribution in [0.2, 0.25) is 0 Å². The molecule has 87 valence electrons. The molecule has 0 N–H and O–H groups in total. The van der Waals surface area contributed by atoms with Gasteiger partial charge in [0.05, 0.1) is 18.1 Å². The van der Waals surface area contributed by atoms with Crippen LogP contribution in [0.1, 0.15) is 24.0 Å². The van der Waals surface area contributed by atoms with Crippen molar-refractivity contribution in [1.82, 2.24) is 4.90 Å². The predicted octanol–water partition coefficient (Wildman–Crippen LogP) is 1.93. The molecule has 1 aromatic rings. The van der Waals surface area contributed by atoms with E-state index in [4.69, 9.17) is 5.26 Å². The van der Waals surface area contributed by atoms with Crippen LogP contribution >= 0.6 is 0 Å². The minimum absolute atomic E-state index is 0.131. The van der Waals surface area contributed by atoms with Crippen molar-refractivity contribution in [2.24, 2.45) is 0 Å². The van der Waals surface area contributed by atoms with Gasteiger partial charge in [0.15, 0.2) is 0 Å². The highest BCUT2D eigenvalue weighted by Gasteiger charge is 2.17. The van der Waals surface area contributed by atoms with Crippen molar-refractivity contribution in [1.29, 1.82) is 5.26 Å². The number of carbonyl (C=O) groups excluding carboxylic acids is 1. The monoisotopic (exact) mass is 227 g/mol. The lowest BCUT2D eigenvalue weighted by atomic mass is 10.1. The molecule has 3 nitrogen and oxygen atoms in total. The number of nitriles is 1. The first kappa shape index (κ1) is 11.7. The molecule has 0 aromatic heterocycles. The average Bonchev–Trinajstić information content (AvgIpc) is 2.90. The Morgan fingerprint density at radius 2 is 1.94 bits per heavy atom. The van der Waals surface area contributed by atoms with Gasteiger partial charge in [-0.05, 0) is 37.0 Å². The van der Waals surface area contributed by atoms with Crippen LogP contribution in [-0.4, -0.2) is 23.9 Å². The lowest BCUT2D eigenvalue weighted by Gasteiger charge is -2.14. The number of nitrogens with zero attached hydrogens (tertiary/aromatic N) is 2. The summed E-state index contributed by atoms with van der Waals surface area (Å²) in [6.07, 6.45) is 4.61. The van der Waals surface area contributed by atoms with Gasteiger partial charge in [-0.25, -0.2) is 0 Å². The highest BCUT2D eigenvalue weighted by atomic mass is 16.2. The van der Waals surface area contributed by atoms with E-state index in [-0.39, 0.29) is 5.91 Å². The maximum Gasteiger partial charge on any atom is 0.226 e. The zero-order valence-electron chi connectivity index (χ0n) is 9.72. The molecule has 1 aliphatic rings. The zero-order valence-corrected chi connectivity index (χ0v) is 9.72. The molecule has 1 aromatic carbocycles. The van der Waals surface area contributed by atoms with Crippen molar-refractivity contribution in [2.75, 3.05) is 13.1 Å². The quantitative estimate of drug-likeness (QED) is 0.792. The van der Waals surface area contributed by atoms with E-state index >= 15 is 0 Å². The summed E-state index contributed by atoms with van der Waals surface area (Å²) >= 11 is 0. The molecule has 1 amide bonds. The highest BCUT2D eigenvalue weighted by Crippen LogP contribution is 2.11. The van der Waals surface area contributed by atoms with E-state index in [0.29, 0.717) is 12.0 Å². The normalized spacial score (nSPS) is 14.6. The molecule has 0 aliphatic carbocycles. The van der Waals surface area contributed by atoms with E-state index in [1.165, 1.54) is 0 Å². The van der Waals surface area contributed by atoms with Gasteiger partial charge in [0.25, 0.3) is 0 Å². The van der Waals surface area contributed by atoms with Gasteiger partial charge in [0.1, 0.15) is 0 Å². The summed E-state index contributed by atoms with van der Waals surface area (Å²) in [5.74, 6) is 0.131. The number of benzene rings is 1. The molecule has 1 radical (unpaired) electrons. The molecule has 2 rings (SSSR count). The standard InChI is InChI=1S/C14H15N2O/c15-11-13-5-3-12(4-6-13)7-8-14(17)16-9-1-2-10-16/h3-6,8H,1-2,7,9-10H2. The Bertz CT molecular complexity index is 425. The van der Waals surface area contributed by atoms with Gasteiger partial charge >= 0.3 is 0 Å². The summed E-state index contributed by atoms with van der Waals surface area (Å²) < 4.78 is 0. The summed E-state index contributed by atoms with van der Waals surface area (Å²) in [5, 5.41) is 8.67. The third-order valence-electron chi connectivity index (χ3n) is 3.01. The molecule has 0 spiro atoms. The summed E-state index contributed by atoms with van der Waals surface area (Å²) in [6.45, 7) is 1.78. The largest absolute Gasteiger partial charge is 0.342 e. The molecule has 0 bridgehead atoms. The minimum Gasteiger partial charge on any atom is -0.342 e. The van der Waals surface area contributed by atoms with Gasteiger partial charge in [-0.15, -0.1) is 0 Å². The minimum atomic E-state index is 0.131. The Labute approximate surface area is 102 Å². The van der Waals surface area contributed by atoms with Crippen LogP contribution in [0.4, 0.5) is 0 Å². The molecule has 1 aliphatic heterocycles. The molecule has 0 atom stereocenters. The first-order valence-corrected chi connectivity index (χ1v) is 5.91. The van der Waals surface area contributed by atoms with Crippen LogP contribution in [0.15, 0.2) is 24.3 Å². The number of likely N-dealkylation sites (tertiary alicyclic amines) is 1.